The number of sulfonamides is 1. The molecule has 0 radical (unpaired) electrons. The van der Waals surface area contributed by atoms with Gasteiger partial charge in [0.1, 0.15) is 24.1 Å². The van der Waals surface area contributed by atoms with Crippen molar-refractivity contribution in [1.29, 1.82) is 0 Å². The van der Waals surface area contributed by atoms with Gasteiger partial charge in [0.25, 0.3) is 10.0 Å². The Balaban J connectivity index is 2.13. The molecule has 3 aromatic rings. The van der Waals surface area contributed by atoms with E-state index in [0.29, 0.717) is 17.9 Å². The molecule has 0 aliphatic rings. The third kappa shape index (κ3) is 6.93. The summed E-state index contributed by atoms with van der Waals surface area (Å²) < 4.78 is 40.0. The lowest BCUT2D eigenvalue weighted by Crippen LogP contribution is -2.51. The van der Waals surface area contributed by atoms with Gasteiger partial charge in [0.15, 0.2) is 0 Å². The maximum Gasteiger partial charge on any atom is 0.264 e. The molecule has 0 unspecified atom stereocenters. The predicted octanol–water partition coefficient (Wildman–Crippen LogP) is 4.07. The Bertz CT molecular complexity index is 1440. The zero-order chi connectivity index (χ0) is 29.4. The molecule has 1 N–H and O–H groups in total. The number of aryl methyl sites for hydroxylation is 2. The van der Waals surface area contributed by atoms with E-state index >= 15 is 0 Å². The molecule has 0 aliphatic carbocycles. The number of anilines is 1. The van der Waals surface area contributed by atoms with E-state index in [2.05, 4.69) is 5.32 Å². The summed E-state index contributed by atoms with van der Waals surface area (Å²) in [6.07, 6.45) is 0.327. The van der Waals surface area contributed by atoms with Gasteiger partial charge in [-0.1, -0.05) is 42.8 Å². The first-order valence-electron chi connectivity index (χ1n) is 12.9. The van der Waals surface area contributed by atoms with Crippen molar-refractivity contribution < 1.29 is 27.5 Å². The van der Waals surface area contributed by atoms with E-state index in [1.807, 2.05) is 19.9 Å². The standard InChI is InChI=1S/C30H37N3O6S/c1-7-26(30(35)31-4)32(19-23-9-8-10-24(18-23)38-5)29(34)20-33(27-17-22(3)13-16-28(27)39-6)40(36,37)25-14-11-21(2)12-15-25/h8-18,26H,7,19-20H2,1-6H3,(H,31,35)/t26-/m0/s1. The van der Waals surface area contributed by atoms with Gasteiger partial charge in [-0.15, -0.1) is 0 Å². The van der Waals surface area contributed by atoms with Gasteiger partial charge < -0.3 is 19.7 Å². The summed E-state index contributed by atoms with van der Waals surface area (Å²) in [6.45, 7) is 5.02. The third-order valence-electron chi connectivity index (χ3n) is 6.61. The van der Waals surface area contributed by atoms with Crippen LogP contribution in [0, 0.1) is 13.8 Å². The highest BCUT2D eigenvalue weighted by Crippen LogP contribution is 2.34. The van der Waals surface area contributed by atoms with Gasteiger partial charge in [-0.2, -0.15) is 0 Å². The number of hydrogen-bond acceptors (Lipinski definition) is 6. The van der Waals surface area contributed by atoms with Crippen molar-refractivity contribution in [3.05, 3.63) is 83.4 Å². The summed E-state index contributed by atoms with van der Waals surface area (Å²) in [4.78, 5) is 28.4. The molecule has 0 bridgehead atoms. The van der Waals surface area contributed by atoms with Gasteiger partial charge >= 0.3 is 0 Å². The summed E-state index contributed by atoms with van der Waals surface area (Å²) in [7, 11) is 0.291. The van der Waals surface area contributed by atoms with Crippen LogP contribution in [-0.4, -0.2) is 59.0 Å². The summed E-state index contributed by atoms with van der Waals surface area (Å²) in [5, 5.41) is 2.62. The largest absolute Gasteiger partial charge is 0.497 e. The van der Waals surface area contributed by atoms with E-state index in [1.165, 1.54) is 31.2 Å². The number of ether oxygens (including phenoxy) is 2. The average Bonchev–Trinajstić information content (AvgIpc) is 2.95. The number of nitrogens with one attached hydrogen (secondary N) is 1. The number of carbonyl (C=O) groups is 2. The lowest BCUT2D eigenvalue weighted by Gasteiger charge is -2.33. The highest BCUT2D eigenvalue weighted by Gasteiger charge is 2.34. The normalized spacial score (nSPS) is 11.8. The molecule has 0 saturated heterocycles. The van der Waals surface area contributed by atoms with Crippen LogP contribution >= 0.6 is 0 Å². The molecule has 0 fully saturated rings. The van der Waals surface area contributed by atoms with Crippen molar-refractivity contribution in [1.82, 2.24) is 10.2 Å². The van der Waals surface area contributed by atoms with Gasteiger partial charge in [-0.3, -0.25) is 13.9 Å². The minimum atomic E-state index is -4.21. The number of methoxy groups -OCH3 is 2. The zero-order valence-electron chi connectivity index (χ0n) is 23.8. The highest BCUT2D eigenvalue weighted by atomic mass is 32.2. The first-order valence-corrected chi connectivity index (χ1v) is 14.4. The van der Waals surface area contributed by atoms with Crippen LogP contribution in [0.15, 0.2) is 71.6 Å². The second-order valence-corrected chi connectivity index (χ2v) is 11.3. The van der Waals surface area contributed by atoms with Gasteiger partial charge in [0, 0.05) is 13.6 Å². The van der Waals surface area contributed by atoms with E-state index in [-0.39, 0.29) is 23.0 Å². The maximum absolute atomic E-state index is 14.1. The van der Waals surface area contributed by atoms with Crippen LogP contribution in [0.25, 0.3) is 0 Å². The molecule has 0 aromatic heterocycles. The topological polar surface area (TPSA) is 105 Å². The van der Waals surface area contributed by atoms with Gasteiger partial charge in [-0.05, 0) is 67.8 Å². The van der Waals surface area contributed by atoms with E-state index < -0.39 is 28.5 Å². The second-order valence-electron chi connectivity index (χ2n) is 9.41. The lowest BCUT2D eigenvalue weighted by atomic mass is 10.1. The molecule has 10 heteroatoms. The molecular weight excluding hydrogens is 530 g/mol. The number of hydrogen-bond donors (Lipinski definition) is 1. The maximum atomic E-state index is 14.1. The van der Waals surface area contributed by atoms with Crippen molar-refractivity contribution in [3.8, 4) is 11.5 Å². The van der Waals surface area contributed by atoms with Gasteiger partial charge in [0.2, 0.25) is 11.8 Å². The predicted molar refractivity (Wildman–Crippen MR) is 155 cm³/mol. The quantitative estimate of drug-likeness (QED) is 0.354. The number of nitrogens with zero attached hydrogens (tertiary/aromatic N) is 2. The molecule has 3 aromatic carbocycles. The van der Waals surface area contributed by atoms with Crippen molar-refractivity contribution in [2.45, 2.75) is 44.7 Å². The molecule has 40 heavy (non-hydrogen) atoms. The fraction of sp³-hybridized carbons (Fsp3) is 0.333. The highest BCUT2D eigenvalue weighted by molar-refractivity contribution is 7.92. The van der Waals surface area contributed by atoms with E-state index in [0.717, 1.165) is 21.0 Å². The lowest BCUT2D eigenvalue weighted by molar-refractivity contribution is -0.140. The molecule has 0 aliphatic heterocycles. The Morgan fingerprint density at radius 3 is 2.20 bits per heavy atom. The monoisotopic (exact) mass is 567 g/mol. The summed E-state index contributed by atoms with van der Waals surface area (Å²) in [5.41, 5.74) is 2.65. The molecule has 0 heterocycles. The molecule has 0 saturated carbocycles. The summed E-state index contributed by atoms with van der Waals surface area (Å²) in [6, 6.07) is 17.9. The molecular formula is C30H37N3O6S. The molecule has 2 amide bonds. The zero-order valence-corrected chi connectivity index (χ0v) is 24.6. The number of amides is 2. The minimum absolute atomic E-state index is 0.0344. The minimum Gasteiger partial charge on any atom is -0.497 e. The molecule has 3 rings (SSSR count). The number of rotatable bonds is 12. The van der Waals surface area contributed by atoms with Gasteiger partial charge in [0.05, 0.1) is 24.8 Å². The van der Waals surface area contributed by atoms with Crippen LogP contribution < -0.4 is 19.1 Å². The number of carbonyl (C=O) groups excluding carboxylic acids is 2. The molecule has 0 spiro atoms. The van der Waals surface area contributed by atoms with Crippen molar-refractivity contribution in [2.24, 2.45) is 0 Å². The van der Waals surface area contributed by atoms with E-state index in [4.69, 9.17) is 9.47 Å². The molecule has 214 valence electrons. The molecule has 1 atom stereocenters. The summed E-state index contributed by atoms with van der Waals surface area (Å²) in [5.74, 6) is 0.00933. The van der Waals surface area contributed by atoms with E-state index in [1.54, 1.807) is 62.6 Å². The fourth-order valence-electron chi connectivity index (χ4n) is 4.40. The smallest absolute Gasteiger partial charge is 0.264 e. The Labute approximate surface area is 236 Å². The van der Waals surface area contributed by atoms with Crippen LogP contribution in [0.3, 0.4) is 0 Å². The van der Waals surface area contributed by atoms with Crippen molar-refractivity contribution in [3.63, 3.8) is 0 Å². The van der Waals surface area contributed by atoms with Crippen LogP contribution in [0.4, 0.5) is 5.69 Å². The Kier molecular flexibility index (Phi) is 10.2. The Hall–Kier alpha value is -4.05. The van der Waals surface area contributed by atoms with Crippen molar-refractivity contribution >= 4 is 27.5 Å². The van der Waals surface area contributed by atoms with Crippen LogP contribution in [0.5, 0.6) is 11.5 Å². The van der Waals surface area contributed by atoms with Crippen LogP contribution in [-0.2, 0) is 26.2 Å². The van der Waals surface area contributed by atoms with Crippen LogP contribution in [0.2, 0.25) is 0 Å². The summed E-state index contributed by atoms with van der Waals surface area (Å²) >= 11 is 0. The first-order chi connectivity index (χ1) is 19.0. The Morgan fingerprint density at radius 1 is 0.925 bits per heavy atom. The number of benzene rings is 3. The third-order valence-corrected chi connectivity index (χ3v) is 8.38. The molecule has 9 nitrogen and oxygen atoms in total. The number of likely N-dealkylation sites (N-methyl/N-ethyl adjacent to an activating group) is 1. The first kappa shape index (κ1) is 30.5. The van der Waals surface area contributed by atoms with Gasteiger partial charge in [-0.25, -0.2) is 8.42 Å². The fourth-order valence-corrected chi connectivity index (χ4v) is 5.82. The average molecular weight is 568 g/mol. The Morgan fingerprint density at radius 2 is 1.60 bits per heavy atom. The van der Waals surface area contributed by atoms with E-state index in [9.17, 15) is 18.0 Å². The SMILES string of the molecule is CC[C@@H](C(=O)NC)N(Cc1cccc(OC)c1)C(=O)CN(c1cc(C)ccc1OC)S(=O)(=O)c1ccc(C)cc1. The second kappa shape index (κ2) is 13.3. The van der Waals surface area contributed by atoms with Crippen molar-refractivity contribution in [2.75, 3.05) is 32.1 Å². The van der Waals surface area contributed by atoms with Crippen LogP contribution in [0.1, 0.15) is 30.0 Å².